The molecule has 1 aromatic heterocycles. The molecule has 0 fully saturated rings. The van der Waals surface area contributed by atoms with Crippen molar-refractivity contribution in [1.29, 1.82) is 0 Å². The third kappa shape index (κ3) is 4.11. The highest BCUT2D eigenvalue weighted by molar-refractivity contribution is 5.97. The van der Waals surface area contributed by atoms with E-state index in [2.05, 4.69) is 20.6 Å². The summed E-state index contributed by atoms with van der Waals surface area (Å²) >= 11 is 0. The lowest BCUT2D eigenvalue weighted by Crippen LogP contribution is -2.27. The molecule has 0 unspecified atom stereocenters. The van der Waals surface area contributed by atoms with Crippen LogP contribution in [0.25, 0.3) is 0 Å². The van der Waals surface area contributed by atoms with Crippen molar-refractivity contribution in [2.24, 2.45) is 0 Å². The third-order valence-corrected chi connectivity index (χ3v) is 2.75. The number of amides is 1. The number of nitrogens with zero attached hydrogens (tertiary/aromatic N) is 2. The van der Waals surface area contributed by atoms with Crippen LogP contribution in [0.2, 0.25) is 0 Å². The van der Waals surface area contributed by atoms with Crippen molar-refractivity contribution in [1.82, 2.24) is 15.3 Å². The molecule has 2 rings (SSSR count). The standard InChI is InChI=1S/C14H14F2N4O2/c15-9-7-10(16)12(11(21)8-9)13(22)17-3-1-4-18-14-19-5-2-6-20-14/h2,5-8,21H,1,3-4H2,(H,17,22)(H,18,19,20). The van der Waals surface area contributed by atoms with Gasteiger partial charge in [0.1, 0.15) is 22.9 Å². The second-order valence-corrected chi connectivity index (χ2v) is 4.39. The van der Waals surface area contributed by atoms with E-state index in [1.165, 1.54) is 0 Å². The fraction of sp³-hybridized carbons (Fsp3) is 0.214. The van der Waals surface area contributed by atoms with Gasteiger partial charge in [0.15, 0.2) is 0 Å². The largest absolute Gasteiger partial charge is 0.507 e. The predicted octanol–water partition coefficient (Wildman–Crippen LogP) is 1.69. The quantitative estimate of drug-likeness (QED) is 0.707. The summed E-state index contributed by atoms with van der Waals surface area (Å²) in [5, 5.41) is 14.8. The topological polar surface area (TPSA) is 87.1 Å². The van der Waals surface area contributed by atoms with Crippen LogP contribution in [0.15, 0.2) is 30.6 Å². The monoisotopic (exact) mass is 308 g/mol. The predicted molar refractivity (Wildman–Crippen MR) is 75.5 cm³/mol. The average molecular weight is 308 g/mol. The molecular formula is C14H14F2N4O2. The lowest BCUT2D eigenvalue weighted by Gasteiger charge is -2.08. The number of rotatable bonds is 6. The van der Waals surface area contributed by atoms with E-state index in [0.717, 1.165) is 0 Å². The van der Waals surface area contributed by atoms with Crippen molar-refractivity contribution < 1.29 is 18.7 Å². The van der Waals surface area contributed by atoms with Gasteiger partial charge in [0.05, 0.1) is 0 Å². The van der Waals surface area contributed by atoms with E-state index in [4.69, 9.17) is 0 Å². The smallest absolute Gasteiger partial charge is 0.258 e. The maximum Gasteiger partial charge on any atom is 0.258 e. The van der Waals surface area contributed by atoms with Gasteiger partial charge in [-0.25, -0.2) is 18.7 Å². The average Bonchev–Trinajstić information content (AvgIpc) is 2.47. The number of phenolic OH excluding ortho intramolecular Hbond substituents is 1. The third-order valence-electron chi connectivity index (χ3n) is 2.75. The molecule has 2 aromatic rings. The van der Waals surface area contributed by atoms with E-state index in [0.29, 0.717) is 31.0 Å². The Morgan fingerprint density at radius 2 is 1.91 bits per heavy atom. The van der Waals surface area contributed by atoms with Gasteiger partial charge in [0.2, 0.25) is 5.95 Å². The Bertz CT molecular complexity index is 630. The summed E-state index contributed by atoms with van der Waals surface area (Å²) in [6, 6.07) is 2.92. The van der Waals surface area contributed by atoms with E-state index >= 15 is 0 Å². The number of phenols is 1. The zero-order valence-corrected chi connectivity index (χ0v) is 11.5. The van der Waals surface area contributed by atoms with E-state index in [-0.39, 0.29) is 6.54 Å². The molecule has 0 aliphatic carbocycles. The maximum absolute atomic E-state index is 13.5. The molecule has 1 aromatic carbocycles. The Hall–Kier alpha value is -2.77. The van der Waals surface area contributed by atoms with Crippen LogP contribution < -0.4 is 10.6 Å². The molecule has 0 spiro atoms. The first kappa shape index (κ1) is 15.6. The van der Waals surface area contributed by atoms with Gasteiger partial charge in [-0.2, -0.15) is 0 Å². The summed E-state index contributed by atoms with van der Waals surface area (Å²) in [6.45, 7) is 0.747. The fourth-order valence-corrected chi connectivity index (χ4v) is 1.75. The fourth-order valence-electron chi connectivity index (χ4n) is 1.75. The summed E-state index contributed by atoms with van der Waals surface area (Å²) in [7, 11) is 0. The first-order chi connectivity index (χ1) is 10.6. The molecule has 0 radical (unpaired) electrons. The Labute approximate surface area is 125 Å². The summed E-state index contributed by atoms with van der Waals surface area (Å²) < 4.78 is 26.3. The number of aromatic nitrogens is 2. The molecule has 0 atom stereocenters. The minimum atomic E-state index is -1.11. The normalized spacial score (nSPS) is 10.3. The van der Waals surface area contributed by atoms with Crippen LogP contribution in [0.4, 0.5) is 14.7 Å². The van der Waals surface area contributed by atoms with Crippen molar-refractivity contribution in [3.8, 4) is 5.75 Å². The number of carbonyl (C=O) groups excluding carboxylic acids is 1. The summed E-state index contributed by atoms with van der Waals surface area (Å²) in [5.74, 6) is -3.11. The number of halogens is 2. The molecule has 6 nitrogen and oxygen atoms in total. The van der Waals surface area contributed by atoms with Crippen LogP contribution >= 0.6 is 0 Å². The number of aromatic hydroxyl groups is 1. The van der Waals surface area contributed by atoms with E-state index in [1.807, 2.05) is 0 Å². The Morgan fingerprint density at radius 1 is 1.18 bits per heavy atom. The maximum atomic E-state index is 13.5. The molecule has 22 heavy (non-hydrogen) atoms. The number of hydrogen-bond donors (Lipinski definition) is 3. The first-order valence-corrected chi connectivity index (χ1v) is 6.55. The van der Waals surface area contributed by atoms with Crippen molar-refractivity contribution in [3.05, 3.63) is 47.8 Å². The highest BCUT2D eigenvalue weighted by Gasteiger charge is 2.17. The number of anilines is 1. The minimum Gasteiger partial charge on any atom is -0.507 e. The zero-order valence-electron chi connectivity index (χ0n) is 11.5. The second kappa shape index (κ2) is 7.30. The molecular weight excluding hydrogens is 294 g/mol. The number of carbonyl (C=O) groups is 1. The van der Waals surface area contributed by atoms with Gasteiger partial charge in [-0.3, -0.25) is 4.79 Å². The number of benzene rings is 1. The Balaban J connectivity index is 1.79. The van der Waals surface area contributed by atoms with Gasteiger partial charge in [-0.15, -0.1) is 0 Å². The second-order valence-electron chi connectivity index (χ2n) is 4.39. The molecule has 116 valence electrons. The van der Waals surface area contributed by atoms with Crippen molar-refractivity contribution in [3.63, 3.8) is 0 Å². The van der Waals surface area contributed by atoms with E-state index in [9.17, 15) is 18.7 Å². The van der Waals surface area contributed by atoms with Crippen LogP contribution in [-0.2, 0) is 0 Å². The Kier molecular flexibility index (Phi) is 5.18. The summed E-state index contributed by atoms with van der Waals surface area (Å²) in [5.41, 5.74) is -0.569. The highest BCUT2D eigenvalue weighted by Crippen LogP contribution is 2.21. The zero-order chi connectivity index (χ0) is 15.9. The van der Waals surface area contributed by atoms with E-state index in [1.54, 1.807) is 18.5 Å². The SMILES string of the molecule is O=C(NCCCNc1ncccn1)c1c(O)cc(F)cc1F. The molecule has 0 aliphatic rings. The van der Waals surface area contributed by atoms with Gasteiger partial charge in [-0.05, 0) is 12.5 Å². The van der Waals surface area contributed by atoms with Crippen LogP contribution in [0.3, 0.4) is 0 Å². The van der Waals surface area contributed by atoms with Gasteiger partial charge >= 0.3 is 0 Å². The first-order valence-electron chi connectivity index (χ1n) is 6.55. The lowest BCUT2D eigenvalue weighted by atomic mass is 10.1. The van der Waals surface area contributed by atoms with Crippen LogP contribution in [0, 0.1) is 11.6 Å². The van der Waals surface area contributed by atoms with Gasteiger partial charge in [0, 0.05) is 37.6 Å². The van der Waals surface area contributed by atoms with Crippen LogP contribution in [0.1, 0.15) is 16.8 Å². The van der Waals surface area contributed by atoms with Crippen molar-refractivity contribution >= 4 is 11.9 Å². The Morgan fingerprint density at radius 3 is 2.59 bits per heavy atom. The van der Waals surface area contributed by atoms with Crippen LogP contribution in [0.5, 0.6) is 5.75 Å². The molecule has 8 heteroatoms. The van der Waals surface area contributed by atoms with Gasteiger partial charge < -0.3 is 15.7 Å². The lowest BCUT2D eigenvalue weighted by molar-refractivity contribution is 0.0946. The number of nitrogens with one attached hydrogen (secondary N) is 2. The highest BCUT2D eigenvalue weighted by atomic mass is 19.1. The molecule has 0 aliphatic heterocycles. The molecule has 3 N–H and O–H groups in total. The van der Waals surface area contributed by atoms with Crippen LogP contribution in [-0.4, -0.2) is 34.1 Å². The molecule has 0 saturated heterocycles. The minimum absolute atomic E-state index is 0.245. The van der Waals surface area contributed by atoms with Gasteiger partial charge in [-0.1, -0.05) is 0 Å². The molecule has 0 saturated carbocycles. The van der Waals surface area contributed by atoms with Crippen molar-refractivity contribution in [2.75, 3.05) is 18.4 Å². The number of hydrogen-bond acceptors (Lipinski definition) is 5. The summed E-state index contributed by atoms with van der Waals surface area (Å²) in [4.78, 5) is 19.7. The summed E-state index contributed by atoms with van der Waals surface area (Å²) in [6.07, 6.45) is 3.72. The van der Waals surface area contributed by atoms with Crippen molar-refractivity contribution in [2.45, 2.75) is 6.42 Å². The van der Waals surface area contributed by atoms with E-state index < -0.39 is 28.9 Å². The molecule has 1 heterocycles. The molecule has 1 amide bonds. The van der Waals surface area contributed by atoms with Gasteiger partial charge in [0.25, 0.3) is 5.91 Å². The molecule has 0 bridgehead atoms.